The standard InChI is InChI=1S/C24H38O3/c1-2-3-4-5-6-7-8-9-13-20-27-22-16-14-21(15-17-22)24(23(25)26)18-11-10-12-19-24/h14-17H,2-13,18-20H2,1H3,(H,25,26). The van der Waals surface area contributed by atoms with Crippen molar-refractivity contribution >= 4 is 5.97 Å². The van der Waals surface area contributed by atoms with Crippen LogP contribution in [0.4, 0.5) is 0 Å². The number of ether oxygens (including phenoxy) is 1. The van der Waals surface area contributed by atoms with E-state index in [4.69, 9.17) is 4.74 Å². The van der Waals surface area contributed by atoms with Crippen LogP contribution in [0.5, 0.6) is 5.75 Å². The van der Waals surface area contributed by atoms with Gasteiger partial charge in [0.1, 0.15) is 5.75 Å². The largest absolute Gasteiger partial charge is 0.494 e. The lowest BCUT2D eigenvalue weighted by Gasteiger charge is -2.33. The molecule has 0 bridgehead atoms. The topological polar surface area (TPSA) is 46.5 Å². The summed E-state index contributed by atoms with van der Waals surface area (Å²) in [5.74, 6) is 0.181. The highest BCUT2D eigenvalue weighted by Crippen LogP contribution is 2.40. The van der Waals surface area contributed by atoms with Gasteiger partial charge in [0.2, 0.25) is 0 Å². The molecule has 0 unspecified atom stereocenters. The molecule has 0 atom stereocenters. The van der Waals surface area contributed by atoms with Gasteiger partial charge in [0.05, 0.1) is 12.0 Å². The normalized spacial score (nSPS) is 16.2. The Morgan fingerprint density at radius 2 is 1.44 bits per heavy atom. The van der Waals surface area contributed by atoms with Gasteiger partial charge in [-0.1, -0.05) is 89.7 Å². The molecular weight excluding hydrogens is 336 g/mol. The molecule has 0 spiro atoms. The van der Waals surface area contributed by atoms with Crippen LogP contribution in [0.15, 0.2) is 24.3 Å². The van der Waals surface area contributed by atoms with E-state index in [0.29, 0.717) is 0 Å². The molecule has 0 aromatic heterocycles. The van der Waals surface area contributed by atoms with Gasteiger partial charge in [-0.3, -0.25) is 4.79 Å². The lowest BCUT2D eigenvalue weighted by atomic mass is 9.69. The van der Waals surface area contributed by atoms with Gasteiger partial charge in [-0.15, -0.1) is 0 Å². The zero-order valence-corrected chi connectivity index (χ0v) is 17.2. The molecule has 0 radical (unpaired) electrons. The van der Waals surface area contributed by atoms with Crippen molar-refractivity contribution < 1.29 is 14.6 Å². The van der Waals surface area contributed by atoms with Crippen molar-refractivity contribution in [3.05, 3.63) is 29.8 Å². The van der Waals surface area contributed by atoms with E-state index in [0.717, 1.165) is 56.4 Å². The molecule has 1 aromatic rings. The summed E-state index contributed by atoms with van der Waals surface area (Å²) in [6, 6.07) is 7.82. The molecule has 1 aromatic carbocycles. The second-order valence-corrected chi connectivity index (χ2v) is 8.15. The predicted molar refractivity (Wildman–Crippen MR) is 112 cm³/mol. The monoisotopic (exact) mass is 374 g/mol. The van der Waals surface area contributed by atoms with Crippen LogP contribution in [0, 0.1) is 0 Å². The third-order valence-corrected chi connectivity index (χ3v) is 6.04. The molecule has 0 heterocycles. The maximum Gasteiger partial charge on any atom is 0.314 e. The fourth-order valence-corrected chi connectivity index (χ4v) is 4.25. The van der Waals surface area contributed by atoms with Crippen LogP contribution >= 0.6 is 0 Å². The van der Waals surface area contributed by atoms with E-state index < -0.39 is 11.4 Å². The minimum Gasteiger partial charge on any atom is -0.494 e. The first kappa shape index (κ1) is 21.8. The average molecular weight is 375 g/mol. The number of carbonyl (C=O) groups is 1. The molecule has 152 valence electrons. The molecule has 1 aliphatic rings. The van der Waals surface area contributed by atoms with Crippen LogP contribution in [0.1, 0.15) is 102 Å². The van der Waals surface area contributed by atoms with Crippen molar-refractivity contribution in [3.63, 3.8) is 0 Å². The Bertz CT molecular complexity index is 529. The maximum atomic E-state index is 11.9. The number of benzene rings is 1. The van der Waals surface area contributed by atoms with E-state index in [9.17, 15) is 9.90 Å². The van der Waals surface area contributed by atoms with Crippen LogP contribution in [-0.2, 0) is 10.2 Å². The van der Waals surface area contributed by atoms with Gasteiger partial charge in [0.25, 0.3) is 0 Å². The van der Waals surface area contributed by atoms with Crippen molar-refractivity contribution in [2.75, 3.05) is 6.61 Å². The number of aliphatic carboxylic acids is 1. The molecule has 1 saturated carbocycles. The second kappa shape index (κ2) is 12.0. The fourth-order valence-electron chi connectivity index (χ4n) is 4.25. The molecule has 0 aliphatic heterocycles. The lowest BCUT2D eigenvalue weighted by molar-refractivity contribution is -0.145. The summed E-state index contributed by atoms with van der Waals surface area (Å²) in [7, 11) is 0. The van der Waals surface area contributed by atoms with Crippen molar-refractivity contribution in [1.82, 2.24) is 0 Å². The molecule has 1 N–H and O–H groups in total. The molecule has 1 fully saturated rings. The van der Waals surface area contributed by atoms with Gasteiger partial charge in [-0.05, 0) is 37.0 Å². The van der Waals surface area contributed by atoms with E-state index in [1.165, 1.54) is 51.4 Å². The molecule has 3 heteroatoms. The average Bonchev–Trinajstić information content (AvgIpc) is 2.70. The quantitative estimate of drug-likeness (QED) is 0.383. The first-order chi connectivity index (χ1) is 13.2. The second-order valence-electron chi connectivity index (χ2n) is 8.15. The van der Waals surface area contributed by atoms with Gasteiger partial charge >= 0.3 is 5.97 Å². The van der Waals surface area contributed by atoms with E-state index in [1.807, 2.05) is 24.3 Å². The van der Waals surface area contributed by atoms with Crippen LogP contribution in [0.25, 0.3) is 0 Å². The van der Waals surface area contributed by atoms with E-state index in [2.05, 4.69) is 6.92 Å². The van der Waals surface area contributed by atoms with Crippen molar-refractivity contribution in [3.8, 4) is 5.75 Å². The molecular formula is C24H38O3. The number of carboxylic acids is 1. The van der Waals surface area contributed by atoms with Crippen molar-refractivity contribution in [2.45, 2.75) is 102 Å². The summed E-state index contributed by atoms with van der Waals surface area (Å²) < 4.78 is 5.85. The maximum absolute atomic E-state index is 11.9. The number of hydrogen-bond acceptors (Lipinski definition) is 2. The summed E-state index contributed by atoms with van der Waals surface area (Å²) in [4.78, 5) is 11.9. The Morgan fingerprint density at radius 1 is 0.889 bits per heavy atom. The first-order valence-corrected chi connectivity index (χ1v) is 11.2. The lowest BCUT2D eigenvalue weighted by Crippen LogP contribution is -2.37. The summed E-state index contributed by atoms with van der Waals surface area (Å²) in [6.07, 6.45) is 16.5. The van der Waals surface area contributed by atoms with Crippen LogP contribution in [0.3, 0.4) is 0 Å². The van der Waals surface area contributed by atoms with Crippen LogP contribution in [0.2, 0.25) is 0 Å². The van der Waals surface area contributed by atoms with Crippen molar-refractivity contribution in [2.24, 2.45) is 0 Å². The van der Waals surface area contributed by atoms with Crippen LogP contribution in [-0.4, -0.2) is 17.7 Å². The molecule has 0 amide bonds. The van der Waals surface area contributed by atoms with Gasteiger partial charge < -0.3 is 9.84 Å². The highest BCUT2D eigenvalue weighted by molar-refractivity contribution is 5.81. The Balaban J connectivity index is 1.66. The highest BCUT2D eigenvalue weighted by atomic mass is 16.5. The number of unbranched alkanes of at least 4 members (excludes halogenated alkanes) is 8. The van der Waals surface area contributed by atoms with E-state index in [-0.39, 0.29) is 0 Å². The summed E-state index contributed by atoms with van der Waals surface area (Å²) in [5.41, 5.74) is 0.249. The van der Waals surface area contributed by atoms with Crippen molar-refractivity contribution in [1.29, 1.82) is 0 Å². The zero-order chi connectivity index (χ0) is 19.4. The Morgan fingerprint density at radius 3 is 2.00 bits per heavy atom. The Hall–Kier alpha value is -1.51. The van der Waals surface area contributed by atoms with Gasteiger partial charge in [0.15, 0.2) is 0 Å². The predicted octanol–water partition coefficient (Wildman–Crippen LogP) is 6.88. The Kier molecular flexibility index (Phi) is 9.72. The minimum atomic E-state index is -0.687. The number of rotatable bonds is 13. The number of hydrogen-bond donors (Lipinski definition) is 1. The summed E-state index contributed by atoms with van der Waals surface area (Å²) in [5, 5.41) is 9.78. The van der Waals surface area contributed by atoms with E-state index >= 15 is 0 Å². The third kappa shape index (κ3) is 6.86. The smallest absolute Gasteiger partial charge is 0.314 e. The van der Waals surface area contributed by atoms with E-state index in [1.54, 1.807) is 0 Å². The molecule has 0 saturated heterocycles. The SMILES string of the molecule is CCCCCCCCCCCOc1ccc(C2(C(=O)O)CCCCC2)cc1. The third-order valence-electron chi connectivity index (χ3n) is 6.04. The molecule has 2 rings (SSSR count). The van der Waals surface area contributed by atoms with Gasteiger partial charge in [-0.2, -0.15) is 0 Å². The van der Waals surface area contributed by atoms with Gasteiger partial charge in [-0.25, -0.2) is 0 Å². The number of carboxylic acid groups (broad SMARTS) is 1. The fraction of sp³-hybridized carbons (Fsp3) is 0.708. The summed E-state index contributed by atoms with van der Waals surface area (Å²) in [6.45, 7) is 3.01. The molecule has 1 aliphatic carbocycles. The highest BCUT2D eigenvalue weighted by Gasteiger charge is 2.41. The zero-order valence-electron chi connectivity index (χ0n) is 17.2. The minimum absolute atomic E-state index is 0.675. The summed E-state index contributed by atoms with van der Waals surface area (Å²) >= 11 is 0. The Labute approximate surface area is 165 Å². The van der Waals surface area contributed by atoms with Crippen LogP contribution < -0.4 is 4.74 Å². The van der Waals surface area contributed by atoms with Gasteiger partial charge in [0, 0.05) is 0 Å². The molecule has 27 heavy (non-hydrogen) atoms. The first-order valence-electron chi connectivity index (χ1n) is 11.2. The molecule has 3 nitrogen and oxygen atoms in total.